The summed E-state index contributed by atoms with van der Waals surface area (Å²) in [6, 6.07) is -0.515. The fourth-order valence-electron chi connectivity index (χ4n) is 4.22. The highest BCUT2D eigenvalue weighted by Crippen LogP contribution is 2.49. The number of ether oxygens (including phenoxy) is 2. The van der Waals surface area contributed by atoms with Crippen molar-refractivity contribution in [1.82, 2.24) is 4.90 Å². The molecule has 3 aliphatic rings. The van der Waals surface area contributed by atoms with E-state index in [9.17, 15) is 14.4 Å². The van der Waals surface area contributed by atoms with E-state index in [1.165, 1.54) is 14.2 Å². The molecule has 5 atom stereocenters. The van der Waals surface area contributed by atoms with Crippen molar-refractivity contribution in [1.29, 1.82) is 0 Å². The Hall–Kier alpha value is -1.85. The molecule has 0 radical (unpaired) electrons. The van der Waals surface area contributed by atoms with Gasteiger partial charge in [0, 0.05) is 6.54 Å². The SMILES string of the molecule is COC(=O)[C@@H]1[C@H](C(=O)N2CCC[C@H]2C(=O)OC)[C@H]2C=C[C@@H]1C2. The lowest BCUT2D eigenvalue weighted by Gasteiger charge is -2.31. The molecule has 0 N–H and O–H groups in total. The number of nitrogens with zero attached hydrogens (tertiary/aromatic N) is 1. The van der Waals surface area contributed by atoms with E-state index in [-0.39, 0.29) is 29.7 Å². The summed E-state index contributed by atoms with van der Waals surface area (Å²) in [7, 11) is 2.69. The molecule has 6 heteroatoms. The van der Waals surface area contributed by atoms with Gasteiger partial charge in [0.2, 0.25) is 5.91 Å². The number of methoxy groups -OCH3 is 2. The van der Waals surface area contributed by atoms with Crippen LogP contribution in [0.5, 0.6) is 0 Å². The van der Waals surface area contributed by atoms with E-state index in [1.54, 1.807) is 4.90 Å². The minimum atomic E-state index is -0.515. The first-order valence-corrected chi connectivity index (χ1v) is 7.73. The third-order valence-corrected chi connectivity index (χ3v) is 5.23. The largest absolute Gasteiger partial charge is 0.469 e. The molecule has 0 aromatic carbocycles. The lowest BCUT2D eigenvalue weighted by molar-refractivity contribution is -0.157. The normalized spacial score (nSPS) is 35.7. The Bertz CT molecular complexity index is 529. The predicted molar refractivity (Wildman–Crippen MR) is 76.5 cm³/mol. The van der Waals surface area contributed by atoms with Gasteiger partial charge < -0.3 is 14.4 Å². The second-order valence-corrected chi connectivity index (χ2v) is 6.24. The van der Waals surface area contributed by atoms with Crippen molar-refractivity contribution in [3.05, 3.63) is 12.2 Å². The highest BCUT2D eigenvalue weighted by molar-refractivity contribution is 5.91. The van der Waals surface area contributed by atoms with Crippen LogP contribution in [0, 0.1) is 23.7 Å². The second-order valence-electron chi connectivity index (χ2n) is 6.24. The number of fused-ring (bicyclic) bond motifs is 2. The van der Waals surface area contributed by atoms with E-state index in [0.717, 1.165) is 12.8 Å². The van der Waals surface area contributed by atoms with Crippen LogP contribution in [0.15, 0.2) is 12.2 Å². The van der Waals surface area contributed by atoms with Gasteiger partial charge in [-0.3, -0.25) is 9.59 Å². The van der Waals surface area contributed by atoms with Crippen LogP contribution < -0.4 is 0 Å². The Labute approximate surface area is 129 Å². The Kier molecular flexibility index (Phi) is 3.93. The van der Waals surface area contributed by atoms with E-state index < -0.39 is 17.9 Å². The van der Waals surface area contributed by atoms with Crippen LogP contribution in [0.1, 0.15) is 19.3 Å². The molecular weight excluding hydrogens is 286 g/mol. The minimum absolute atomic E-state index is 0.0699. The van der Waals surface area contributed by atoms with Crippen molar-refractivity contribution in [2.75, 3.05) is 20.8 Å². The highest BCUT2D eigenvalue weighted by Gasteiger charge is 2.54. The highest BCUT2D eigenvalue weighted by atomic mass is 16.5. The van der Waals surface area contributed by atoms with E-state index in [4.69, 9.17) is 9.47 Å². The molecule has 0 aromatic heterocycles. The number of esters is 2. The topological polar surface area (TPSA) is 72.9 Å². The molecule has 0 unspecified atom stereocenters. The van der Waals surface area contributed by atoms with Crippen LogP contribution in [0.25, 0.3) is 0 Å². The van der Waals surface area contributed by atoms with Gasteiger partial charge in [-0.25, -0.2) is 4.79 Å². The molecular formula is C16H21NO5. The number of likely N-dealkylation sites (tertiary alicyclic amines) is 1. The van der Waals surface area contributed by atoms with Gasteiger partial charge in [0.15, 0.2) is 0 Å². The quantitative estimate of drug-likeness (QED) is 0.568. The van der Waals surface area contributed by atoms with Gasteiger partial charge in [-0.05, 0) is 31.1 Å². The zero-order chi connectivity index (χ0) is 15.9. The molecule has 0 aromatic rings. The fraction of sp³-hybridized carbons (Fsp3) is 0.688. The minimum Gasteiger partial charge on any atom is -0.469 e. The summed E-state index contributed by atoms with van der Waals surface area (Å²) in [6.45, 7) is 0.546. The van der Waals surface area contributed by atoms with E-state index in [2.05, 4.69) is 0 Å². The molecule has 1 saturated heterocycles. The lowest BCUT2D eigenvalue weighted by Crippen LogP contribution is -2.47. The Morgan fingerprint density at radius 2 is 1.64 bits per heavy atom. The predicted octanol–water partition coefficient (Wildman–Crippen LogP) is 0.762. The third kappa shape index (κ3) is 2.21. The molecule has 2 aliphatic carbocycles. The van der Waals surface area contributed by atoms with Crippen LogP contribution >= 0.6 is 0 Å². The molecule has 120 valence electrons. The Morgan fingerprint density at radius 3 is 2.27 bits per heavy atom. The molecule has 1 saturated carbocycles. The molecule has 1 amide bonds. The summed E-state index contributed by atoms with van der Waals surface area (Å²) in [5.41, 5.74) is 0. The lowest BCUT2D eigenvalue weighted by atomic mass is 9.82. The number of rotatable bonds is 3. The number of amides is 1. The van der Waals surface area contributed by atoms with Gasteiger partial charge in [0.1, 0.15) is 6.04 Å². The van der Waals surface area contributed by atoms with Crippen LogP contribution in [-0.2, 0) is 23.9 Å². The maximum absolute atomic E-state index is 13.0. The summed E-state index contributed by atoms with van der Waals surface area (Å²) in [4.78, 5) is 38.5. The average molecular weight is 307 g/mol. The first-order chi connectivity index (χ1) is 10.6. The smallest absolute Gasteiger partial charge is 0.328 e. The fourth-order valence-corrected chi connectivity index (χ4v) is 4.22. The number of hydrogen-bond donors (Lipinski definition) is 0. The van der Waals surface area contributed by atoms with Crippen LogP contribution in [0.3, 0.4) is 0 Å². The summed E-state index contributed by atoms with van der Waals surface area (Å²) in [6.07, 6.45) is 6.25. The molecule has 2 bridgehead atoms. The number of hydrogen-bond acceptors (Lipinski definition) is 5. The Balaban J connectivity index is 1.83. The molecule has 1 aliphatic heterocycles. The number of carbonyl (C=O) groups excluding carboxylic acids is 3. The van der Waals surface area contributed by atoms with Crippen LogP contribution in [0.2, 0.25) is 0 Å². The summed E-state index contributed by atoms with van der Waals surface area (Å²) >= 11 is 0. The van der Waals surface area contributed by atoms with Gasteiger partial charge in [-0.15, -0.1) is 0 Å². The van der Waals surface area contributed by atoms with E-state index >= 15 is 0 Å². The van der Waals surface area contributed by atoms with Gasteiger partial charge in [-0.2, -0.15) is 0 Å². The van der Waals surface area contributed by atoms with Crippen molar-refractivity contribution in [2.24, 2.45) is 23.7 Å². The first kappa shape index (κ1) is 15.1. The van der Waals surface area contributed by atoms with Gasteiger partial charge in [0.05, 0.1) is 26.1 Å². The van der Waals surface area contributed by atoms with Crippen molar-refractivity contribution >= 4 is 17.8 Å². The molecule has 0 spiro atoms. The molecule has 6 nitrogen and oxygen atoms in total. The Morgan fingerprint density at radius 1 is 1.00 bits per heavy atom. The molecule has 22 heavy (non-hydrogen) atoms. The standard InChI is InChI=1S/C16H21NO5/c1-21-15(19)11-4-3-7-17(11)14(18)12-9-5-6-10(8-9)13(12)16(20)22-2/h5-6,9-13H,3-4,7-8H2,1-2H3/t9-,10+,11-,12+,13-/m0/s1. The maximum Gasteiger partial charge on any atom is 0.328 e. The second kappa shape index (κ2) is 5.74. The maximum atomic E-state index is 13.0. The van der Waals surface area contributed by atoms with Crippen molar-refractivity contribution < 1.29 is 23.9 Å². The zero-order valence-corrected chi connectivity index (χ0v) is 12.9. The van der Waals surface area contributed by atoms with Crippen LogP contribution in [0.4, 0.5) is 0 Å². The van der Waals surface area contributed by atoms with Gasteiger partial charge in [-0.1, -0.05) is 12.2 Å². The van der Waals surface area contributed by atoms with Gasteiger partial charge in [0.25, 0.3) is 0 Å². The summed E-state index contributed by atoms with van der Waals surface area (Å²) in [5, 5.41) is 0. The summed E-state index contributed by atoms with van der Waals surface area (Å²) < 4.78 is 9.69. The third-order valence-electron chi connectivity index (χ3n) is 5.23. The zero-order valence-electron chi connectivity index (χ0n) is 12.9. The molecule has 2 fully saturated rings. The van der Waals surface area contributed by atoms with Crippen molar-refractivity contribution in [2.45, 2.75) is 25.3 Å². The van der Waals surface area contributed by atoms with E-state index in [0.29, 0.717) is 13.0 Å². The van der Waals surface area contributed by atoms with Crippen molar-refractivity contribution in [3.63, 3.8) is 0 Å². The van der Waals surface area contributed by atoms with Gasteiger partial charge >= 0.3 is 11.9 Å². The van der Waals surface area contributed by atoms with Crippen LogP contribution in [-0.4, -0.2) is 49.6 Å². The summed E-state index contributed by atoms with van der Waals surface area (Å²) in [5.74, 6) is -1.51. The molecule has 3 rings (SSSR count). The first-order valence-electron chi connectivity index (χ1n) is 7.73. The average Bonchev–Trinajstić information content (AvgIpc) is 3.26. The van der Waals surface area contributed by atoms with E-state index in [1.807, 2.05) is 12.2 Å². The van der Waals surface area contributed by atoms with Crippen molar-refractivity contribution in [3.8, 4) is 0 Å². The monoisotopic (exact) mass is 307 g/mol. The number of carbonyl (C=O) groups is 3. The molecule has 1 heterocycles. The number of allylic oxidation sites excluding steroid dienone is 2.